The number of piperidine rings is 1. The van der Waals surface area contributed by atoms with Gasteiger partial charge < -0.3 is 10.3 Å². The Morgan fingerprint density at radius 2 is 2.00 bits per heavy atom. The number of hydrazine groups is 1. The van der Waals surface area contributed by atoms with Crippen LogP contribution in [0.2, 0.25) is 0 Å². The number of nitrogen functional groups attached to an aromatic ring is 1. The summed E-state index contributed by atoms with van der Waals surface area (Å²) >= 11 is 0. The van der Waals surface area contributed by atoms with E-state index in [1.165, 1.54) is 12.1 Å². The van der Waals surface area contributed by atoms with Crippen LogP contribution in [0, 0.1) is 10.1 Å². The molecule has 0 aliphatic carbocycles. The molecule has 0 bridgehead atoms. The largest absolute Gasteiger partial charge is 0.338 e. The molecule has 2 rings (SSSR count). The number of nitrogens with two attached hydrogens (primary N) is 1. The van der Waals surface area contributed by atoms with E-state index in [2.05, 4.69) is 5.43 Å². The van der Waals surface area contributed by atoms with Crippen molar-refractivity contribution < 1.29 is 9.72 Å². The van der Waals surface area contributed by atoms with Crippen LogP contribution in [0.3, 0.4) is 0 Å². The first-order chi connectivity index (χ1) is 9.15. The molecule has 102 valence electrons. The molecule has 0 radical (unpaired) electrons. The number of anilines is 1. The summed E-state index contributed by atoms with van der Waals surface area (Å²) in [5, 5.41) is 11.1. The van der Waals surface area contributed by atoms with Crippen molar-refractivity contribution in [2.75, 3.05) is 18.5 Å². The van der Waals surface area contributed by atoms with Crippen LogP contribution in [0.4, 0.5) is 11.4 Å². The van der Waals surface area contributed by atoms with Crippen LogP contribution < -0.4 is 11.3 Å². The lowest BCUT2D eigenvalue weighted by Gasteiger charge is -2.26. The van der Waals surface area contributed by atoms with Crippen molar-refractivity contribution in [3.8, 4) is 0 Å². The molecule has 1 amide bonds. The number of nitro benzene ring substituents is 1. The van der Waals surface area contributed by atoms with Crippen LogP contribution in [0.1, 0.15) is 29.6 Å². The molecule has 1 saturated heterocycles. The summed E-state index contributed by atoms with van der Waals surface area (Å²) in [5.41, 5.74) is 2.23. The fraction of sp³-hybridized carbons (Fsp3) is 0.417. The van der Waals surface area contributed by atoms with Crippen LogP contribution in [0.5, 0.6) is 0 Å². The average Bonchev–Trinajstić information content (AvgIpc) is 2.46. The molecule has 0 unspecified atom stereocenters. The van der Waals surface area contributed by atoms with E-state index in [0.717, 1.165) is 19.3 Å². The van der Waals surface area contributed by atoms with E-state index < -0.39 is 4.92 Å². The zero-order chi connectivity index (χ0) is 13.8. The van der Waals surface area contributed by atoms with Crippen LogP contribution >= 0.6 is 0 Å². The molecule has 19 heavy (non-hydrogen) atoms. The van der Waals surface area contributed by atoms with Gasteiger partial charge in [0.1, 0.15) is 11.3 Å². The Morgan fingerprint density at radius 1 is 1.32 bits per heavy atom. The Morgan fingerprint density at radius 3 is 2.58 bits per heavy atom. The maximum absolute atomic E-state index is 12.3. The van der Waals surface area contributed by atoms with E-state index >= 15 is 0 Å². The summed E-state index contributed by atoms with van der Waals surface area (Å²) in [4.78, 5) is 24.6. The zero-order valence-corrected chi connectivity index (χ0v) is 10.5. The first-order valence-electron chi connectivity index (χ1n) is 6.18. The second-order valence-corrected chi connectivity index (χ2v) is 4.46. The second-order valence-electron chi connectivity index (χ2n) is 4.46. The molecule has 1 fully saturated rings. The lowest BCUT2D eigenvalue weighted by Crippen LogP contribution is -2.36. The first-order valence-corrected chi connectivity index (χ1v) is 6.18. The van der Waals surface area contributed by atoms with Crippen molar-refractivity contribution in [2.45, 2.75) is 19.3 Å². The minimum absolute atomic E-state index is 0.0855. The molecule has 0 saturated carbocycles. The number of nitrogens with one attached hydrogen (secondary N) is 1. The fourth-order valence-electron chi connectivity index (χ4n) is 2.30. The maximum Gasteiger partial charge on any atom is 0.306 e. The van der Waals surface area contributed by atoms with Gasteiger partial charge in [0.2, 0.25) is 0 Å². The van der Waals surface area contributed by atoms with Gasteiger partial charge in [0.05, 0.1) is 4.92 Å². The Labute approximate surface area is 110 Å². The van der Waals surface area contributed by atoms with Gasteiger partial charge in [-0.25, -0.2) is 0 Å². The van der Waals surface area contributed by atoms with Gasteiger partial charge in [0.25, 0.3) is 5.91 Å². The van der Waals surface area contributed by atoms with Crippen molar-refractivity contribution in [3.63, 3.8) is 0 Å². The number of likely N-dealkylation sites (tertiary alicyclic amines) is 1. The smallest absolute Gasteiger partial charge is 0.306 e. The number of nitrogens with zero attached hydrogens (tertiary/aromatic N) is 2. The van der Waals surface area contributed by atoms with Crippen LogP contribution in [0.15, 0.2) is 18.2 Å². The molecule has 0 aromatic heterocycles. The Kier molecular flexibility index (Phi) is 3.96. The molecule has 0 spiro atoms. The van der Waals surface area contributed by atoms with Gasteiger partial charge in [-0.3, -0.25) is 20.8 Å². The Bertz CT molecular complexity index is 498. The average molecular weight is 264 g/mol. The second kappa shape index (κ2) is 5.66. The third-order valence-electron chi connectivity index (χ3n) is 3.25. The molecule has 1 aliphatic heterocycles. The lowest BCUT2D eigenvalue weighted by atomic mass is 10.1. The predicted octanol–water partition coefficient (Wildman–Crippen LogP) is 1.51. The van der Waals surface area contributed by atoms with E-state index in [1.807, 2.05) is 0 Å². The highest BCUT2D eigenvalue weighted by atomic mass is 16.6. The summed E-state index contributed by atoms with van der Waals surface area (Å²) < 4.78 is 0. The topological polar surface area (TPSA) is 102 Å². The number of hydrogen-bond donors (Lipinski definition) is 2. The summed E-state index contributed by atoms with van der Waals surface area (Å²) in [7, 11) is 0. The number of benzene rings is 1. The van der Waals surface area contributed by atoms with E-state index in [0.29, 0.717) is 13.1 Å². The number of para-hydroxylation sites is 1. The van der Waals surface area contributed by atoms with Crippen molar-refractivity contribution in [1.82, 2.24) is 4.90 Å². The molecule has 7 heteroatoms. The molecular formula is C12H16N4O3. The van der Waals surface area contributed by atoms with Crippen molar-refractivity contribution >= 4 is 17.3 Å². The number of amides is 1. The van der Waals surface area contributed by atoms with Crippen molar-refractivity contribution in [3.05, 3.63) is 33.9 Å². The minimum Gasteiger partial charge on any atom is -0.338 e. The van der Waals surface area contributed by atoms with Gasteiger partial charge >= 0.3 is 5.69 Å². The van der Waals surface area contributed by atoms with Gasteiger partial charge in [-0.2, -0.15) is 0 Å². The SMILES string of the molecule is NNc1cccc(C(=O)N2CCCCC2)c1[N+](=O)[O-]. The maximum atomic E-state index is 12.3. The van der Waals surface area contributed by atoms with Crippen molar-refractivity contribution in [2.24, 2.45) is 5.84 Å². The van der Waals surface area contributed by atoms with Gasteiger partial charge in [0.15, 0.2) is 0 Å². The molecule has 7 nitrogen and oxygen atoms in total. The normalized spacial score (nSPS) is 15.1. The summed E-state index contributed by atoms with van der Waals surface area (Å²) in [5.74, 6) is 4.95. The molecule has 1 aromatic carbocycles. The number of nitro groups is 1. The van der Waals surface area contributed by atoms with Gasteiger partial charge in [-0.1, -0.05) is 6.07 Å². The first kappa shape index (κ1) is 13.3. The fourth-order valence-corrected chi connectivity index (χ4v) is 2.30. The van der Waals surface area contributed by atoms with Gasteiger partial charge in [-0.05, 0) is 31.4 Å². The molecule has 1 heterocycles. The van der Waals surface area contributed by atoms with Gasteiger partial charge in [-0.15, -0.1) is 0 Å². The van der Waals surface area contributed by atoms with Crippen LogP contribution in [-0.4, -0.2) is 28.8 Å². The summed E-state index contributed by atoms with van der Waals surface area (Å²) in [6.07, 6.45) is 2.97. The third-order valence-corrected chi connectivity index (χ3v) is 3.25. The summed E-state index contributed by atoms with van der Waals surface area (Å²) in [6.45, 7) is 1.30. The van der Waals surface area contributed by atoms with E-state index in [4.69, 9.17) is 5.84 Å². The molecule has 3 N–H and O–H groups in total. The van der Waals surface area contributed by atoms with E-state index in [9.17, 15) is 14.9 Å². The van der Waals surface area contributed by atoms with E-state index in [-0.39, 0.29) is 22.8 Å². The third kappa shape index (κ3) is 2.65. The Hall–Kier alpha value is -2.15. The summed E-state index contributed by atoms with van der Waals surface area (Å²) in [6, 6.07) is 4.53. The highest BCUT2D eigenvalue weighted by Crippen LogP contribution is 2.29. The van der Waals surface area contributed by atoms with Crippen LogP contribution in [0.25, 0.3) is 0 Å². The number of carbonyl (C=O) groups is 1. The number of rotatable bonds is 3. The number of carbonyl (C=O) groups excluding carboxylic acids is 1. The van der Waals surface area contributed by atoms with E-state index in [1.54, 1.807) is 11.0 Å². The monoisotopic (exact) mass is 264 g/mol. The van der Waals surface area contributed by atoms with Crippen molar-refractivity contribution in [1.29, 1.82) is 0 Å². The number of hydrogen-bond acceptors (Lipinski definition) is 5. The highest BCUT2D eigenvalue weighted by molar-refractivity contribution is 6.00. The predicted molar refractivity (Wildman–Crippen MR) is 70.7 cm³/mol. The standard InChI is InChI=1S/C12H16N4O3/c13-14-10-6-4-5-9(11(10)16(18)19)12(17)15-7-2-1-3-8-15/h4-6,14H,1-3,7-8,13H2. The molecular weight excluding hydrogens is 248 g/mol. The van der Waals surface area contributed by atoms with Gasteiger partial charge in [0, 0.05) is 13.1 Å². The molecule has 1 aliphatic rings. The molecule has 0 atom stereocenters. The molecule has 1 aromatic rings. The zero-order valence-electron chi connectivity index (χ0n) is 10.5. The Balaban J connectivity index is 2.37. The highest BCUT2D eigenvalue weighted by Gasteiger charge is 2.28. The quantitative estimate of drug-likeness (QED) is 0.489. The lowest BCUT2D eigenvalue weighted by molar-refractivity contribution is -0.384. The van der Waals surface area contributed by atoms with Crippen LogP contribution in [-0.2, 0) is 0 Å². The minimum atomic E-state index is -0.577.